The molecule has 2 aromatic rings. The van der Waals surface area contributed by atoms with Gasteiger partial charge in [0.1, 0.15) is 0 Å². The maximum atomic E-state index is 12.4. The van der Waals surface area contributed by atoms with Gasteiger partial charge in [-0.2, -0.15) is 8.78 Å². The van der Waals surface area contributed by atoms with Crippen molar-refractivity contribution in [3.63, 3.8) is 0 Å². The molecule has 0 spiro atoms. The zero-order valence-corrected chi connectivity index (χ0v) is 12.3. The lowest BCUT2D eigenvalue weighted by molar-refractivity contribution is -0.136. The molecule has 0 radical (unpaired) electrons. The van der Waals surface area contributed by atoms with Crippen LogP contribution in [0.1, 0.15) is 22.5 Å². The van der Waals surface area contributed by atoms with Crippen LogP contribution in [0.3, 0.4) is 0 Å². The lowest BCUT2D eigenvalue weighted by Gasteiger charge is -2.09. The minimum Gasteiger partial charge on any atom is -0.493 e. The molecule has 118 valence electrons. The largest absolute Gasteiger partial charge is 0.493 e. The van der Waals surface area contributed by atoms with Crippen LogP contribution in [0, 0.1) is 0 Å². The van der Waals surface area contributed by atoms with E-state index in [9.17, 15) is 18.4 Å². The van der Waals surface area contributed by atoms with E-state index < -0.39 is 12.6 Å². The van der Waals surface area contributed by atoms with Crippen molar-refractivity contribution in [2.75, 3.05) is 7.11 Å². The van der Waals surface area contributed by atoms with Gasteiger partial charge in [0.2, 0.25) is 0 Å². The van der Waals surface area contributed by atoms with Gasteiger partial charge in [-0.3, -0.25) is 9.59 Å². The first-order chi connectivity index (χ1) is 10.4. The quantitative estimate of drug-likeness (QED) is 0.786. The molecule has 1 aromatic heterocycles. The smallest absolute Gasteiger partial charge is 0.387 e. The standard InChI is InChI=1S/C14H12F2O5S/c1-20-9-4-7-5-12(8(17)2-3-13(18)19)22-11(7)6-10(9)21-14(15)16/h4-6,14H,2-3H2,1H3,(H,18,19). The highest BCUT2D eigenvalue weighted by atomic mass is 32.1. The average molecular weight is 330 g/mol. The Bertz CT molecular complexity index is 711. The molecule has 5 nitrogen and oxygen atoms in total. The van der Waals surface area contributed by atoms with Crippen molar-refractivity contribution in [3.05, 3.63) is 23.1 Å². The monoisotopic (exact) mass is 330 g/mol. The van der Waals surface area contributed by atoms with Gasteiger partial charge in [-0.25, -0.2) is 0 Å². The third-order valence-electron chi connectivity index (χ3n) is 2.86. The maximum Gasteiger partial charge on any atom is 0.387 e. The number of Topliss-reactive ketones (excluding diaryl/α,β-unsaturated/α-hetero) is 1. The SMILES string of the molecule is COc1cc2cc(C(=O)CCC(=O)O)sc2cc1OC(F)F. The number of halogens is 2. The highest BCUT2D eigenvalue weighted by Crippen LogP contribution is 2.37. The van der Waals surface area contributed by atoms with Crippen molar-refractivity contribution < 1.29 is 33.0 Å². The summed E-state index contributed by atoms with van der Waals surface area (Å²) in [6.45, 7) is -2.98. The zero-order chi connectivity index (χ0) is 16.3. The second kappa shape index (κ2) is 6.69. The van der Waals surface area contributed by atoms with Gasteiger partial charge in [-0.05, 0) is 17.5 Å². The molecule has 0 amide bonds. The number of ether oxygens (including phenoxy) is 2. The molecule has 0 saturated carbocycles. The van der Waals surface area contributed by atoms with Gasteiger partial charge in [0, 0.05) is 17.2 Å². The third-order valence-corrected chi connectivity index (χ3v) is 4.00. The van der Waals surface area contributed by atoms with Gasteiger partial charge in [0.15, 0.2) is 17.3 Å². The van der Waals surface area contributed by atoms with Crippen LogP contribution in [0.2, 0.25) is 0 Å². The van der Waals surface area contributed by atoms with Crippen LogP contribution < -0.4 is 9.47 Å². The second-order valence-electron chi connectivity index (χ2n) is 4.35. The molecule has 1 N–H and O–H groups in total. The normalized spacial score (nSPS) is 10.9. The van der Waals surface area contributed by atoms with Crippen molar-refractivity contribution in [1.82, 2.24) is 0 Å². The lowest BCUT2D eigenvalue weighted by atomic mass is 10.1. The van der Waals surface area contributed by atoms with Crippen molar-refractivity contribution in [2.45, 2.75) is 19.5 Å². The summed E-state index contributed by atoms with van der Waals surface area (Å²) >= 11 is 1.09. The maximum absolute atomic E-state index is 12.4. The summed E-state index contributed by atoms with van der Waals surface area (Å²) in [5.41, 5.74) is 0. The van der Waals surface area contributed by atoms with E-state index in [1.165, 1.54) is 19.2 Å². The van der Waals surface area contributed by atoms with E-state index >= 15 is 0 Å². The predicted octanol–water partition coefficient (Wildman–Crippen LogP) is 3.56. The van der Waals surface area contributed by atoms with Crippen LogP contribution in [0.4, 0.5) is 8.78 Å². The third kappa shape index (κ3) is 3.70. The van der Waals surface area contributed by atoms with E-state index in [1.54, 1.807) is 6.07 Å². The van der Waals surface area contributed by atoms with Gasteiger partial charge in [-0.1, -0.05) is 0 Å². The van der Waals surface area contributed by atoms with Crippen LogP contribution in [0.5, 0.6) is 11.5 Å². The fourth-order valence-corrected chi connectivity index (χ4v) is 2.92. The number of carbonyl (C=O) groups excluding carboxylic acids is 1. The number of hydrogen-bond acceptors (Lipinski definition) is 5. The number of rotatable bonds is 7. The summed E-state index contributed by atoms with van der Waals surface area (Å²) in [6, 6.07) is 4.45. The summed E-state index contributed by atoms with van der Waals surface area (Å²) in [6.07, 6.45) is -0.365. The molecular formula is C14H12F2O5S. The van der Waals surface area contributed by atoms with Crippen LogP contribution >= 0.6 is 11.3 Å². The highest BCUT2D eigenvalue weighted by molar-refractivity contribution is 7.20. The number of thiophene rings is 1. The molecule has 0 fully saturated rings. The summed E-state index contributed by atoms with van der Waals surface area (Å²) in [4.78, 5) is 22.8. The second-order valence-corrected chi connectivity index (χ2v) is 5.43. The van der Waals surface area contributed by atoms with Gasteiger partial charge in [0.25, 0.3) is 0 Å². The van der Waals surface area contributed by atoms with E-state index in [2.05, 4.69) is 4.74 Å². The molecule has 2 rings (SSSR count). The number of benzene rings is 1. The molecule has 0 atom stereocenters. The predicted molar refractivity (Wildman–Crippen MR) is 76.2 cm³/mol. The first-order valence-electron chi connectivity index (χ1n) is 6.22. The van der Waals surface area contributed by atoms with Crippen molar-refractivity contribution in [2.24, 2.45) is 0 Å². The molecular weight excluding hydrogens is 318 g/mol. The lowest BCUT2D eigenvalue weighted by Crippen LogP contribution is -2.03. The molecule has 22 heavy (non-hydrogen) atoms. The van der Waals surface area contributed by atoms with Gasteiger partial charge in [-0.15, -0.1) is 11.3 Å². The van der Waals surface area contributed by atoms with Crippen molar-refractivity contribution in [3.8, 4) is 11.5 Å². The van der Waals surface area contributed by atoms with Crippen molar-refractivity contribution in [1.29, 1.82) is 0 Å². The van der Waals surface area contributed by atoms with Gasteiger partial charge >= 0.3 is 12.6 Å². The van der Waals surface area contributed by atoms with E-state index in [0.29, 0.717) is 15.0 Å². The molecule has 1 heterocycles. The summed E-state index contributed by atoms with van der Waals surface area (Å²) in [5, 5.41) is 9.23. The number of aliphatic carboxylic acids is 1. The van der Waals surface area contributed by atoms with E-state index in [1.807, 2.05) is 0 Å². The van der Waals surface area contributed by atoms with Gasteiger partial charge < -0.3 is 14.6 Å². The van der Waals surface area contributed by atoms with Crippen LogP contribution in [-0.2, 0) is 4.79 Å². The minimum atomic E-state index is -2.98. The van der Waals surface area contributed by atoms with E-state index in [0.717, 1.165) is 11.3 Å². The molecule has 0 saturated heterocycles. The fourth-order valence-electron chi connectivity index (χ4n) is 1.88. The molecule has 8 heteroatoms. The van der Waals surface area contributed by atoms with E-state index in [4.69, 9.17) is 9.84 Å². The number of alkyl halides is 2. The minimum absolute atomic E-state index is 0.111. The molecule has 0 bridgehead atoms. The number of carboxylic acids is 1. The first kappa shape index (κ1) is 16.2. The number of carbonyl (C=O) groups is 2. The highest BCUT2D eigenvalue weighted by Gasteiger charge is 2.16. The Morgan fingerprint density at radius 1 is 1.23 bits per heavy atom. The number of methoxy groups -OCH3 is 1. The Morgan fingerprint density at radius 2 is 1.95 bits per heavy atom. The van der Waals surface area contributed by atoms with Crippen molar-refractivity contribution >= 4 is 33.2 Å². The molecule has 0 aliphatic rings. The fraction of sp³-hybridized carbons (Fsp3) is 0.286. The van der Waals surface area contributed by atoms with E-state index in [-0.39, 0.29) is 30.1 Å². The van der Waals surface area contributed by atoms with Crippen LogP contribution in [-0.4, -0.2) is 30.6 Å². The Morgan fingerprint density at radius 3 is 2.55 bits per heavy atom. The zero-order valence-electron chi connectivity index (χ0n) is 11.5. The summed E-state index contributed by atoms with van der Waals surface area (Å²) in [5.74, 6) is -1.34. The number of fused-ring (bicyclic) bond motifs is 1. The average Bonchev–Trinajstić information content (AvgIpc) is 2.85. The molecule has 0 aliphatic heterocycles. The Kier molecular flexibility index (Phi) is 4.92. The topological polar surface area (TPSA) is 72.8 Å². The number of hydrogen-bond donors (Lipinski definition) is 1. The number of carboxylic acid groups (broad SMARTS) is 1. The Balaban J connectivity index is 2.33. The Hall–Kier alpha value is -2.22. The molecule has 0 aliphatic carbocycles. The summed E-state index contributed by atoms with van der Waals surface area (Å²) in [7, 11) is 1.32. The van der Waals surface area contributed by atoms with Crippen LogP contribution in [0.25, 0.3) is 10.1 Å². The summed E-state index contributed by atoms with van der Waals surface area (Å²) < 4.78 is 34.7. The first-order valence-corrected chi connectivity index (χ1v) is 7.03. The van der Waals surface area contributed by atoms with Crippen LogP contribution in [0.15, 0.2) is 18.2 Å². The Labute approximate surface area is 128 Å². The van der Waals surface area contributed by atoms with Gasteiger partial charge in [0.05, 0.1) is 18.4 Å². The number of ketones is 1. The molecule has 0 unspecified atom stereocenters. The molecule has 1 aromatic carbocycles.